The summed E-state index contributed by atoms with van der Waals surface area (Å²) in [7, 11) is 0. The fourth-order valence-corrected chi connectivity index (χ4v) is 2.71. The maximum atomic E-state index is 5.82. The van der Waals surface area contributed by atoms with Crippen molar-refractivity contribution >= 4 is 15.9 Å². The van der Waals surface area contributed by atoms with E-state index in [1.807, 2.05) is 0 Å². The molecule has 3 heteroatoms. The number of benzene rings is 1. The van der Waals surface area contributed by atoms with E-state index in [4.69, 9.17) is 5.73 Å². The smallest absolute Gasteiger partial charge is 0.0245 e. The van der Waals surface area contributed by atoms with Crippen molar-refractivity contribution in [2.75, 3.05) is 19.6 Å². The topological polar surface area (TPSA) is 29.3 Å². The van der Waals surface area contributed by atoms with E-state index in [9.17, 15) is 0 Å². The number of nitrogens with zero attached hydrogens (tertiary/aromatic N) is 1. The molecule has 1 aromatic rings. The van der Waals surface area contributed by atoms with E-state index in [-0.39, 0.29) is 0 Å². The number of rotatable bonds is 3. The molecule has 0 bridgehead atoms. The van der Waals surface area contributed by atoms with E-state index in [2.05, 4.69) is 52.0 Å². The van der Waals surface area contributed by atoms with Crippen molar-refractivity contribution in [3.63, 3.8) is 0 Å². The summed E-state index contributed by atoms with van der Waals surface area (Å²) in [5.41, 5.74) is 7.50. The Morgan fingerprint density at radius 3 is 2.81 bits per heavy atom. The van der Waals surface area contributed by atoms with Crippen molar-refractivity contribution in [1.29, 1.82) is 0 Å². The summed E-state index contributed by atoms with van der Waals surface area (Å²) in [6, 6.07) is 8.44. The van der Waals surface area contributed by atoms with Gasteiger partial charge in [-0.2, -0.15) is 0 Å². The summed E-state index contributed by atoms with van der Waals surface area (Å²) in [5, 5.41) is 0. The Morgan fingerprint density at radius 1 is 1.44 bits per heavy atom. The summed E-state index contributed by atoms with van der Waals surface area (Å²) in [6.45, 7) is 6.38. The molecule has 0 aliphatic carbocycles. The Balaban J connectivity index is 2.00. The van der Waals surface area contributed by atoms with Crippen molar-refractivity contribution in [2.45, 2.75) is 19.9 Å². The lowest BCUT2D eigenvalue weighted by Gasteiger charge is -2.22. The molecule has 16 heavy (non-hydrogen) atoms. The average molecular weight is 283 g/mol. The first kappa shape index (κ1) is 12.1. The molecule has 0 aromatic heterocycles. The van der Waals surface area contributed by atoms with Crippen LogP contribution in [0.15, 0.2) is 28.7 Å². The van der Waals surface area contributed by atoms with Gasteiger partial charge in [0.1, 0.15) is 0 Å². The molecule has 1 atom stereocenters. The Kier molecular flexibility index (Phi) is 3.67. The van der Waals surface area contributed by atoms with E-state index in [1.165, 1.54) is 16.5 Å². The van der Waals surface area contributed by atoms with E-state index in [0.29, 0.717) is 5.41 Å². The van der Waals surface area contributed by atoms with Gasteiger partial charge >= 0.3 is 0 Å². The highest BCUT2D eigenvalue weighted by Crippen LogP contribution is 2.30. The van der Waals surface area contributed by atoms with Crippen molar-refractivity contribution in [1.82, 2.24) is 4.90 Å². The molecule has 1 saturated heterocycles. The maximum Gasteiger partial charge on any atom is 0.0245 e. The van der Waals surface area contributed by atoms with Crippen LogP contribution in [-0.4, -0.2) is 24.5 Å². The molecule has 2 rings (SSSR count). The van der Waals surface area contributed by atoms with Gasteiger partial charge in [-0.3, -0.25) is 4.90 Å². The van der Waals surface area contributed by atoms with Gasteiger partial charge < -0.3 is 5.73 Å². The Bertz CT molecular complexity index is 367. The Morgan fingerprint density at radius 2 is 2.19 bits per heavy atom. The van der Waals surface area contributed by atoms with Gasteiger partial charge in [-0.1, -0.05) is 41.1 Å². The van der Waals surface area contributed by atoms with Crippen molar-refractivity contribution in [2.24, 2.45) is 11.1 Å². The molecular weight excluding hydrogens is 264 g/mol. The molecule has 2 N–H and O–H groups in total. The molecule has 1 aliphatic heterocycles. The quantitative estimate of drug-likeness (QED) is 0.924. The van der Waals surface area contributed by atoms with E-state index >= 15 is 0 Å². The molecule has 1 aromatic carbocycles. The molecule has 0 amide bonds. The van der Waals surface area contributed by atoms with Crippen molar-refractivity contribution in [3.8, 4) is 0 Å². The van der Waals surface area contributed by atoms with Crippen molar-refractivity contribution < 1.29 is 0 Å². The summed E-state index contributed by atoms with van der Waals surface area (Å²) in [5.74, 6) is 0. The highest BCUT2D eigenvalue weighted by atomic mass is 79.9. The third kappa shape index (κ3) is 2.65. The first-order valence-electron chi connectivity index (χ1n) is 5.79. The van der Waals surface area contributed by atoms with Crippen LogP contribution < -0.4 is 5.73 Å². The van der Waals surface area contributed by atoms with E-state index in [0.717, 1.165) is 26.2 Å². The predicted molar refractivity (Wildman–Crippen MR) is 71.2 cm³/mol. The van der Waals surface area contributed by atoms with Crippen LogP contribution in [0.4, 0.5) is 0 Å². The molecule has 1 heterocycles. The van der Waals surface area contributed by atoms with Crippen LogP contribution in [0.1, 0.15) is 18.9 Å². The predicted octanol–water partition coefficient (Wildman–Crippen LogP) is 2.62. The molecule has 1 aliphatic rings. The van der Waals surface area contributed by atoms with Crippen LogP contribution >= 0.6 is 15.9 Å². The second-order valence-electron chi connectivity index (χ2n) is 5.07. The number of hydrogen-bond donors (Lipinski definition) is 1. The number of nitrogens with two attached hydrogens (primary N) is 1. The van der Waals surface area contributed by atoms with Gasteiger partial charge in [-0.05, 0) is 36.6 Å². The molecule has 1 fully saturated rings. The first-order valence-corrected chi connectivity index (χ1v) is 6.58. The third-order valence-electron chi connectivity index (χ3n) is 3.48. The number of likely N-dealkylation sites (tertiary alicyclic amines) is 1. The van der Waals surface area contributed by atoms with Gasteiger partial charge in [0.05, 0.1) is 0 Å². The SMILES string of the molecule is CC1(CN)CCN(Cc2ccccc2Br)C1. The second-order valence-corrected chi connectivity index (χ2v) is 5.92. The molecular formula is C13H19BrN2. The standard InChI is InChI=1S/C13H19BrN2/c1-13(9-15)6-7-16(10-13)8-11-4-2-3-5-12(11)14/h2-5H,6-10,15H2,1H3. The molecule has 88 valence electrons. The fourth-order valence-electron chi connectivity index (χ4n) is 2.30. The maximum absolute atomic E-state index is 5.82. The lowest BCUT2D eigenvalue weighted by atomic mass is 9.90. The van der Waals surface area contributed by atoms with Gasteiger partial charge in [0.25, 0.3) is 0 Å². The van der Waals surface area contributed by atoms with Gasteiger partial charge in [-0.25, -0.2) is 0 Å². The van der Waals surface area contributed by atoms with Gasteiger partial charge in [0, 0.05) is 17.6 Å². The average Bonchev–Trinajstić information content (AvgIpc) is 2.65. The largest absolute Gasteiger partial charge is 0.330 e. The van der Waals surface area contributed by atoms with Crippen LogP contribution in [0.3, 0.4) is 0 Å². The Hall–Kier alpha value is -0.380. The normalized spacial score (nSPS) is 26.2. The van der Waals surface area contributed by atoms with Crippen LogP contribution in [-0.2, 0) is 6.54 Å². The zero-order valence-electron chi connectivity index (χ0n) is 9.75. The number of hydrogen-bond acceptors (Lipinski definition) is 2. The summed E-state index contributed by atoms with van der Waals surface area (Å²) < 4.78 is 1.20. The zero-order chi connectivity index (χ0) is 11.6. The van der Waals surface area contributed by atoms with Gasteiger partial charge in [-0.15, -0.1) is 0 Å². The highest BCUT2D eigenvalue weighted by Gasteiger charge is 2.32. The third-order valence-corrected chi connectivity index (χ3v) is 4.26. The van der Waals surface area contributed by atoms with Crippen LogP contribution in [0.25, 0.3) is 0 Å². The summed E-state index contributed by atoms with van der Waals surface area (Å²) in [4.78, 5) is 2.49. The van der Waals surface area contributed by atoms with Crippen LogP contribution in [0.2, 0.25) is 0 Å². The second kappa shape index (κ2) is 4.86. The number of halogens is 1. The van der Waals surface area contributed by atoms with Gasteiger partial charge in [0.2, 0.25) is 0 Å². The highest BCUT2D eigenvalue weighted by molar-refractivity contribution is 9.10. The Labute approximate surface area is 106 Å². The molecule has 0 radical (unpaired) electrons. The lowest BCUT2D eigenvalue weighted by molar-refractivity contribution is 0.274. The molecule has 0 saturated carbocycles. The van der Waals surface area contributed by atoms with Gasteiger partial charge in [0.15, 0.2) is 0 Å². The molecule has 0 spiro atoms. The molecule has 2 nitrogen and oxygen atoms in total. The van der Waals surface area contributed by atoms with Crippen molar-refractivity contribution in [3.05, 3.63) is 34.3 Å². The lowest BCUT2D eigenvalue weighted by Crippen LogP contribution is -2.31. The van der Waals surface area contributed by atoms with Crippen LogP contribution in [0.5, 0.6) is 0 Å². The summed E-state index contributed by atoms with van der Waals surface area (Å²) in [6.07, 6.45) is 1.22. The monoisotopic (exact) mass is 282 g/mol. The minimum atomic E-state index is 0.321. The van der Waals surface area contributed by atoms with Crippen LogP contribution in [0, 0.1) is 5.41 Å². The zero-order valence-corrected chi connectivity index (χ0v) is 11.3. The minimum absolute atomic E-state index is 0.321. The van der Waals surface area contributed by atoms with E-state index < -0.39 is 0 Å². The molecule has 1 unspecified atom stereocenters. The first-order chi connectivity index (χ1) is 7.63. The minimum Gasteiger partial charge on any atom is -0.330 e. The van der Waals surface area contributed by atoms with E-state index in [1.54, 1.807) is 0 Å². The summed E-state index contributed by atoms with van der Waals surface area (Å²) >= 11 is 3.60. The fraction of sp³-hybridized carbons (Fsp3) is 0.538.